The van der Waals surface area contributed by atoms with Gasteiger partial charge in [-0.2, -0.15) is 0 Å². The van der Waals surface area contributed by atoms with Crippen molar-refractivity contribution in [3.05, 3.63) is 34.6 Å². The number of hydrogen-bond acceptors (Lipinski definition) is 1. The third kappa shape index (κ3) is 4.25. The lowest BCUT2D eigenvalue weighted by molar-refractivity contribution is 0.300. The summed E-state index contributed by atoms with van der Waals surface area (Å²) in [7, 11) is 0. The Morgan fingerprint density at radius 3 is 2.50 bits per heavy atom. The van der Waals surface area contributed by atoms with Crippen LogP contribution in [0.2, 0.25) is 5.02 Å². The van der Waals surface area contributed by atoms with Gasteiger partial charge in [-0.1, -0.05) is 39.3 Å². The molecule has 1 aromatic rings. The SMILES string of the molecule is CCNC(Cc1cc(F)ccc1Cl)C(C)C(C)C. The van der Waals surface area contributed by atoms with Crippen molar-refractivity contribution < 1.29 is 4.39 Å². The molecule has 0 bridgehead atoms. The molecule has 1 nitrogen and oxygen atoms in total. The molecule has 1 aromatic carbocycles. The normalized spacial score (nSPS) is 14.8. The second kappa shape index (κ2) is 7.10. The van der Waals surface area contributed by atoms with E-state index in [0.717, 1.165) is 18.5 Å². The minimum atomic E-state index is -0.221. The van der Waals surface area contributed by atoms with E-state index < -0.39 is 0 Å². The first-order valence-electron chi connectivity index (χ1n) is 6.63. The Morgan fingerprint density at radius 2 is 1.94 bits per heavy atom. The third-order valence-electron chi connectivity index (χ3n) is 3.60. The van der Waals surface area contributed by atoms with Gasteiger partial charge in [-0.15, -0.1) is 0 Å². The van der Waals surface area contributed by atoms with E-state index in [1.807, 2.05) is 0 Å². The Hall–Kier alpha value is -0.600. The molecule has 0 heterocycles. The topological polar surface area (TPSA) is 12.0 Å². The molecule has 18 heavy (non-hydrogen) atoms. The van der Waals surface area contributed by atoms with Crippen LogP contribution in [0.25, 0.3) is 0 Å². The highest BCUT2D eigenvalue weighted by Crippen LogP contribution is 2.23. The van der Waals surface area contributed by atoms with Crippen molar-refractivity contribution >= 4 is 11.6 Å². The van der Waals surface area contributed by atoms with Crippen LogP contribution in [0.1, 0.15) is 33.3 Å². The molecule has 2 atom stereocenters. The van der Waals surface area contributed by atoms with Gasteiger partial charge in [-0.05, 0) is 48.6 Å². The second-order valence-corrected chi connectivity index (χ2v) is 5.61. The van der Waals surface area contributed by atoms with E-state index in [4.69, 9.17) is 11.6 Å². The van der Waals surface area contributed by atoms with Crippen molar-refractivity contribution in [1.29, 1.82) is 0 Å². The zero-order chi connectivity index (χ0) is 13.7. The lowest BCUT2D eigenvalue weighted by Gasteiger charge is -2.28. The van der Waals surface area contributed by atoms with E-state index in [2.05, 4.69) is 33.0 Å². The lowest BCUT2D eigenvalue weighted by atomic mass is 9.86. The van der Waals surface area contributed by atoms with Gasteiger partial charge in [0.05, 0.1) is 0 Å². The first-order valence-corrected chi connectivity index (χ1v) is 7.00. The summed E-state index contributed by atoms with van der Waals surface area (Å²) < 4.78 is 13.3. The molecule has 3 heteroatoms. The molecule has 0 saturated carbocycles. The number of likely N-dealkylation sites (N-methyl/N-ethyl adjacent to an activating group) is 1. The summed E-state index contributed by atoms with van der Waals surface area (Å²) >= 11 is 6.13. The van der Waals surface area contributed by atoms with Gasteiger partial charge < -0.3 is 5.32 Å². The van der Waals surface area contributed by atoms with E-state index in [9.17, 15) is 4.39 Å². The molecule has 0 aliphatic rings. The molecule has 0 aliphatic heterocycles. The minimum absolute atomic E-state index is 0.221. The second-order valence-electron chi connectivity index (χ2n) is 5.21. The lowest BCUT2D eigenvalue weighted by Crippen LogP contribution is -2.39. The Bertz CT molecular complexity index is 379. The Morgan fingerprint density at radius 1 is 1.28 bits per heavy atom. The van der Waals surface area contributed by atoms with Crippen LogP contribution in [0.3, 0.4) is 0 Å². The fourth-order valence-corrected chi connectivity index (χ4v) is 2.30. The van der Waals surface area contributed by atoms with Crippen LogP contribution < -0.4 is 5.32 Å². The van der Waals surface area contributed by atoms with Crippen molar-refractivity contribution in [2.24, 2.45) is 11.8 Å². The molecular formula is C15H23ClFN. The van der Waals surface area contributed by atoms with Gasteiger partial charge in [0.15, 0.2) is 0 Å². The average molecular weight is 272 g/mol. The molecule has 0 radical (unpaired) electrons. The van der Waals surface area contributed by atoms with Gasteiger partial charge in [0.25, 0.3) is 0 Å². The van der Waals surface area contributed by atoms with Gasteiger partial charge >= 0.3 is 0 Å². The smallest absolute Gasteiger partial charge is 0.123 e. The van der Waals surface area contributed by atoms with Crippen molar-refractivity contribution in [3.8, 4) is 0 Å². The Balaban J connectivity index is 2.85. The first kappa shape index (κ1) is 15.5. The summed E-state index contributed by atoms with van der Waals surface area (Å²) in [6, 6.07) is 4.91. The van der Waals surface area contributed by atoms with Gasteiger partial charge in [-0.25, -0.2) is 4.39 Å². The minimum Gasteiger partial charge on any atom is -0.314 e. The number of nitrogens with one attached hydrogen (secondary N) is 1. The average Bonchev–Trinajstić information content (AvgIpc) is 2.32. The maximum absolute atomic E-state index is 13.3. The predicted octanol–water partition coefficient (Wildman–Crippen LogP) is 4.29. The maximum Gasteiger partial charge on any atom is 0.123 e. The van der Waals surface area contributed by atoms with Crippen LogP contribution in [0.15, 0.2) is 18.2 Å². The summed E-state index contributed by atoms with van der Waals surface area (Å²) in [5.74, 6) is 0.882. The van der Waals surface area contributed by atoms with E-state index in [-0.39, 0.29) is 5.82 Å². The highest BCUT2D eigenvalue weighted by atomic mass is 35.5. The summed E-state index contributed by atoms with van der Waals surface area (Å²) in [5.41, 5.74) is 0.884. The molecule has 1 N–H and O–H groups in total. The molecular weight excluding hydrogens is 249 g/mol. The Kier molecular flexibility index (Phi) is 6.10. The van der Waals surface area contributed by atoms with Crippen LogP contribution in [-0.2, 0) is 6.42 Å². The number of halogens is 2. The van der Waals surface area contributed by atoms with Crippen LogP contribution in [0, 0.1) is 17.7 Å². The van der Waals surface area contributed by atoms with Crippen molar-refractivity contribution in [2.45, 2.75) is 40.2 Å². The van der Waals surface area contributed by atoms with Crippen LogP contribution >= 0.6 is 11.6 Å². The summed E-state index contributed by atoms with van der Waals surface area (Å²) in [6.07, 6.45) is 0.768. The summed E-state index contributed by atoms with van der Waals surface area (Å²) in [5, 5.41) is 4.13. The largest absolute Gasteiger partial charge is 0.314 e. The van der Waals surface area contributed by atoms with Crippen molar-refractivity contribution in [2.75, 3.05) is 6.54 Å². The van der Waals surface area contributed by atoms with Gasteiger partial charge in [0.2, 0.25) is 0 Å². The molecule has 0 fully saturated rings. The zero-order valence-corrected chi connectivity index (χ0v) is 12.4. The van der Waals surface area contributed by atoms with Crippen molar-refractivity contribution in [1.82, 2.24) is 5.32 Å². The maximum atomic E-state index is 13.3. The predicted molar refractivity (Wildman–Crippen MR) is 76.6 cm³/mol. The molecule has 0 aliphatic carbocycles. The van der Waals surface area contributed by atoms with E-state index in [1.165, 1.54) is 6.07 Å². The highest BCUT2D eigenvalue weighted by molar-refractivity contribution is 6.31. The molecule has 0 aromatic heterocycles. The van der Waals surface area contributed by atoms with E-state index in [1.54, 1.807) is 12.1 Å². The molecule has 2 unspecified atom stereocenters. The van der Waals surface area contributed by atoms with Gasteiger partial charge in [0.1, 0.15) is 5.82 Å². The van der Waals surface area contributed by atoms with E-state index >= 15 is 0 Å². The standard InChI is InChI=1S/C15H23ClFN/c1-5-18-15(11(4)10(2)3)9-12-8-13(17)6-7-14(12)16/h6-8,10-11,15,18H,5,9H2,1-4H3. The van der Waals surface area contributed by atoms with Crippen LogP contribution in [0.5, 0.6) is 0 Å². The van der Waals surface area contributed by atoms with Crippen molar-refractivity contribution in [3.63, 3.8) is 0 Å². The van der Waals surface area contributed by atoms with Crippen LogP contribution in [0.4, 0.5) is 4.39 Å². The molecule has 0 spiro atoms. The monoisotopic (exact) mass is 271 g/mol. The number of benzene rings is 1. The van der Waals surface area contributed by atoms with Gasteiger partial charge in [0, 0.05) is 11.1 Å². The third-order valence-corrected chi connectivity index (χ3v) is 3.97. The summed E-state index contributed by atoms with van der Waals surface area (Å²) in [4.78, 5) is 0. The molecule has 1 rings (SSSR count). The fourth-order valence-electron chi connectivity index (χ4n) is 2.11. The Labute approximate surface area is 115 Å². The molecule has 0 amide bonds. The first-order chi connectivity index (χ1) is 8.45. The van der Waals surface area contributed by atoms with E-state index in [0.29, 0.717) is 22.9 Å². The fraction of sp³-hybridized carbons (Fsp3) is 0.600. The highest BCUT2D eigenvalue weighted by Gasteiger charge is 2.20. The summed E-state index contributed by atoms with van der Waals surface area (Å²) in [6.45, 7) is 9.65. The quantitative estimate of drug-likeness (QED) is 0.814. The molecule has 0 saturated heterocycles. The number of hydrogen-bond donors (Lipinski definition) is 1. The van der Waals surface area contributed by atoms with Gasteiger partial charge in [-0.3, -0.25) is 0 Å². The number of rotatable bonds is 6. The molecule has 102 valence electrons. The zero-order valence-electron chi connectivity index (χ0n) is 11.6. The van der Waals surface area contributed by atoms with Crippen LogP contribution in [-0.4, -0.2) is 12.6 Å².